The molecule has 0 aromatic carbocycles. The molecule has 0 amide bonds. The highest BCUT2D eigenvalue weighted by Crippen LogP contribution is 2.16. The van der Waals surface area contributed by atoms with Crippen molar-refractivity contribution >= 4 is 0 Å². The van der Waals surface area contributed by atoms with E-state index < -0.39 is 0 Å². The molecule has 0 aliphatic heterocycles. The lowest BCUT2D eigenvalue weighted by Crippen LogP contribution is -1.99. The van der Waals surface area contributed by atoms with Gasteiger partial charge in [-0.05, 0) is 25.2 Å². The van der Waals surface area contributed by atoms with Crippen molar-refractivity contribution in [3.05, 3.63) is 12.2 Å². The molecule has 0 spiro atoms. The SMILES string of the molecule is C=C(C)[C@H](C)CC(C)C. The van der Waals surface area contributed by atoms with E-state index in [0.717, 1.165) is 5.92 Å². The van der Waals surface area contributed by atoms with Crippen LogP contribution < -0.4 is 0 Å². The lowest BCUT2D eigenvalue weighted by molar-refractivity contribution is 0.487. The number of hydrogen-bond donors (Lipinski definition) is 0. The molecule has 0 heteroatoms. The standard InChI is InChI=1S/C9H18/c1-7(2)6-9(5)8(3)4/h7,9H,3,6H2,1-2,4-5H3/t9-/m1/s1. The van der Waals surface area contributed by atoms with Crippen LogP contribution in [-0.4, -0.2) is 0 Å². The average molecular weight is 126 g/mol. The molecule has 0 N–H and O–H groups in total. The first kappa shape index (κ1) is 8.74. The molecular weight excluding hydrogens is 108 g/mol. The molecule has 9 heavy (non-hydrogen) atoms. The van der Waals surface area contributed by atoms with Crippen LogP contribution in [0.4, 0.5) is 0 Å². The van der Waals surface area contributed by atoms with Gasteiger partial charge in [-0.2, -0.15) is 0 Å². The summed E-state index contributed by atoms with van der Waals surface area (Å²) < 4.78 is 0. The van der Waals surface area contributed by atoms with Gasteiger partial charge in [-0.3, -0.25) is 0 Å². The van der Waals surface area contributed by atoms with Gasteiger partial charge in [0.05, 0.1) is 0 Å². The minimum atomic E-state index is 0.699. The Morgan fingerprint density at radius 3 is 1.89 bits per heavy atom. The summed E-state index contributed by atoms with van der Waals surface area (Å²) in [6.45, 7) is 12.7. The largest absolute Gasteiger partial charge is 0.0999 e. The Kier molecular flexibility index (Phi) is 3.60. The zero-order valence-electron chi connectivity index (χ0n) is 7.07. The monoisotopic (exact) mass is 126 g/mol. The summed E-state index contributed by atoms with van der Waals surface area (Å²) in [5, 5.41) is 0. The molecule has 1 atom stereocenters. The Morgan fingerprint density at radius 1 is 1.33 bits per heavy atom. The smallest absolute Gasteiger partial charge is 0.0235 e. The van der Waals surface area contributed by atoms with Crippen molar-refractivity contribution in [2.45, 2.75) is 34.1 Å². The second-order valence-electron chi connectivity index (χ2n) is 3.38. The highest BCUT2D eigenvalue weighted by Gasteiger charge is 2.03. The lowest BCUT2D eigenvalue weighted by Gasteiger charge is -2.12. The molecule has 0 saturated heterocycles. The first-order chi connectivity index (χ1) is 4.04. The van der Waals surface area contributed by atoms with Gasteiger partial charge in [-0.1, -0.05) is 32.9 Å². The van der Waals surface area contributed by atoms with Gasteiger partial charge in [0, 0.05) is 0 Å². The van der Waals surface area contributed by atoms with Crippen molar-refractivity contribution in [1.29, 1.82) is 0 Å². The van der Waals surface area contributed by atoms with Gasteiger partial charge >= 0.3 is 0 Å². The molecule has 0 rings (SSSR count). The molecule has 54 valence electrons. The molecule has 0 aliphatic carbocycles. The van der Waals surface area contributed by atoms with Crippen LogP contribution in [0.3, 0.4) is 0 Å². The van der Waals surface area contributed by atoms with Crippen LogP contribution in [0.1, 0.15) is 34.1 Å². The van der Waals surface area contributed by atoms with Gasteiger partial charge in [-0.25, -0.2) is 0 Å². The lowest BCUT2D eigenvalue weighted by atomic mass is 9.94. The molecular formula is C9H18. The first-order valence-corrected chi connectivity index (χ1v) is 3.69. The fourth-order valence-corrected chi connectivity index (χ4v) is 0.908. The number of hydrogen-bond acceptors (Lipinski definition) is 0. The molecule has 0 aromatic rings. The van der Waals surface area contributed by atoms with Gasteiger partial charge in [0.1, 0.15) is 0 Å². The van der Waals surface area contributed by atoms with E-state index in [4.69, 9.17) is 0 Å². The summed E-state index contributed by atoms with van der Waals surface area (Å²) in [5.41, 5.74) is 1.31. The topological polar surface area (TPSA) is 0 Å². The van der Waals surface area contributed by atoms with Gasteiger partial charge < -0.3 is 0 Å². The molecule has 0 aromatic heterocycles. The van der Waals surface area contributed by atoms with Crippen LogP contribution >= 0.6 is 0 Å². The Hall–Kier alpha value is -0.260. The minimum Gasteiger partial charge on any atom is -0.0999 e. The van der Waals surface area contributed by atoms with Crippen molar-refractivity contribution in [3.8, 4) is 0 Å². The second-order valence-corrected chi connectivity index (χ2v) is 3.38. The number of rotatable bonds is 3. The average Bonchev–Trinajstić information content (AvgIpc) is 1.63. The van der Waals surface area contributed by atoms with E-state index in [0.29, 0.717) is 5.92 Å². The molecule has 0 nitrogen and oxygen atoms in total. The highest BCUT2D eigenvalue weighted by molar-refractivity contribution is 4.93. The van der Waals surface area contributed by atoms with E-state index in [2.05, 4.69) is 34.3 Å². The summed E-state index contributed by atoms with van der Waals surface area (Å²) in [7, 11) is 0. The van der Waals surface area contributed by atoms with Crippen LogP contribution in [0.15, 0.2) is 12.2 Å². The third-order valence-corrected chi connectivity index (χ3v) is 1.67. The van der Waals surface area contributed by atoms with Crippen LogP contribution in [0.2, 0.25) is 0 Å². The van der Waals surface area contributed by atoms with Crippen LogP contribution in [-0.2, 0) is 0 Å². The van der Waals surface area contributed by atoms with Crippen molar-refractivity contribution in [3.63, 3.8) is 0 Å². The van der Waals surface area contributed by atoms with E-state index >= 15 is 0 Å². The van der Waals surface area contributed by atoms with Crippen molar-refractivity contribution in [1.82, 2.24) is 0 Å². The van der Waals surface area contributed by atoms with E-state index in [-0.39, 0.29) is 0 Å². The van der Waals surface area contributed by atoms with Gasteiger partial charge in [-0.15, -0.1) is 0 Å². The molecule has 0 radical (unpaired) electrons. The Labute approximate surface area is 59.0 Å². The van der Waals surface area contributed by atoms with E-state index in [1.807, 2.05) is 0 Å². The van der Waals surface area contributed by atoms with Gasteiger partial charge in [0.15, 0.2) is 0 Å². The van der Waals surface area contributed by atoms with E-state index in [1.165, 1.54) is 12.0 Å². The van der Waals surface area contributed by atoms with Gasteiger partial charge in [0.2, 0.25) is 0 Å². The quantitative estimate of drug-likeness (QED) is 0.509. The van der Waals surface area contributed by atoms with Crippen LogP contribution in [0, 0.1) is 11.8 Å². The van der Waals surface area contributed by atoms with Crippen molar-refractivity contribution in [2.75, 3.05) is 0 Å². The van der Waals surface area contributed by atoms with Crippen molar-refractivity contribution < 1.29 is 0 Å². The van der Waals surface area contributed by atoms with E-state index in [9.17, 15) is 0 Å². The van der Waals surface area contributed by atoms with Crippen molar-refractivity contribution in [2.24, 2.45) is 11.8 Å². The zero-order valence-corrected chi connectivity index (χ0v) is 7.07. The predicted octanol–water partition coefficient (Wildman–Crippen LogP) is 3.24. The summed E-state index contributed by atoms with van der Waals surface area (Å²) in [6.07, 6.45) is 1.27. The van der Waals surface area contributed by atoms with E-state index in [1.54, 1.807) is 0 Å². The third kappa shape index (κ3) is 4.26. The maximum Gasteiger partial charge on any atom is -0.0235 e. The molecule has 0 aliphatic rings. The fraction of sp³-hybridized carbons (Fsp3) is 0.778. The molecule has 0 unspecified atom stereocenters. The summed E-state index contributed by atoms with van der Waals surface area (Å²) in [4.78, 5) is 0. The zero-order chi connectivity index (χ0) is 7.44. The highest BCUT2D eigenvalue weighted by atomic mass is 14.1. The predicted molar refractivity (Wildman–Crippen MR) is 43.4 cm³/mol. The second kappa shape index (κ2) is 3.71. The maximum absolute atomic E-state index is 3.91. The summed E-state index contributed by atoms with van der Waals surface area (Å²) >= 11 is 0. The Balaban J connectivity index is 3.50. The molecule has 0 heterocycles. The maximum atomic E-state index is 3.91. The minimum absolute atomic E-state index is 0.699. The molecule has 0 fully saturated rings. The Bertz CT molecular complexity index is 90.2. The van der Waals surface area contributed by atoms with Crippen LogP contribution in [0.5, 0.6) is 0 Å². The molecule has 0 bridgehead atoms. The summed E-state index contributed by atoms with van der Waals surface area (Å²) in [5.74, 6) is 1.50. The Morgan fingerprint density at radius 2 is 1.78 bits per heavy atom. The first-order valence-electron chi connectivity index (χ1n) is 3.69. The third-order valence-electron chi connectivity index (χ3n) is 1.67. The van der Waals surface area contributed by atoms with Crippen LogP contribution in [0.25, 0.3) is 0 Å². The molecule has 0 saturated carbocycles. The summed E-state index contributed by atoms with van der Waals surface area (Å²) in [6, 6.07) is 0. The number of allylic oxidation sites excluding steroid dienone is 1. The van der Waals surface area contributed by atoms with Gasteiger partial charge in [0.25, 0.3) is 0 Å². The fourth-order valence-electron chi connectivity index (χ4n) is 0.908. The normalized spacial score (nSPS) is 13.9.